The molecule has 5 nitrogen and oxygen atoms in total. The summed E-state index contributed by atoms with van der Waals surface area (Å²) in [6.45, 7) is 5.34. The van der Waals surface area contributed by atoms with Gasteiger partial charge in [-0.15, -0.1) is 0 Å². The summed E-state index contributed by atoms with van der Waals surface area (Å²) < 4.78 is 10.2. The van der Waals surface area contributed by atoms with Crippen LogP contribution in [0.3, 0.4) is 0 Å². The summed E-state index contributed by atoms with van der Waals surface area (Å²) in [6.07, 6.45) is 0.331. The monoisotopic (exact) mass is 292 g/mol. The number of carbonyl (C=O) groups is 2. The van der Waals surface area contributed by atoms with E-state index in [2.05, 4.69) is 0 Å². The van der Waals surface area contributed by atoms with E-state index in [4.69, 9.17) is 9.47 Å². The van der Waals surface area contributed by atoms with E-state index in [9.17, 15) is 14.7 Å². The van der Waals surface area contributed by atoms with Crippen LogP contribution in [-0.2, 0) is 24.5 Å². The Kier molecular flexibility index (Phi) is 3.70. The van der Waals surface area contributed by atoms with E-state index in [1.807, 2.05) is 0 Å². The van der Waals surface area contributed by atoms with Crippen LogP contribution in [-0.4, -0.2) is 29.8 Å². The minimum Gasteiger partial charge on any atom is -0.508 e. The smallest absolute Gasteiger partial charge is 0.317 e. The van der Waals surface area contributed by atoms with Gasteiger partial charge in [-0.3, -0.25) is 9.59 Å². The van der Waals surface area contributed by atoms with Crippen LogP contribution in [0, 0.1) is 5.92 Å². The number of phenolic OH excluding ortho intramolecular Hbond substituents is 1. The van der Waals surface area contributed by atoms with E-state index in [1.54, 1.807) is 32.9 Å². The highest BCUT2D eigenvalue weighted by atomic mass is 16.6. The fourth-order valence-corrected chi connectivity index (χ4v) is 2.55. The number of methoxy groups -OCH3 is 1. The molecule has 5 heteroatoms. The predicted octanol–water partition coefficient (Wildman–Crippen LogP) is 2.16. The number of hydrogen-bond acceptors (Lipinski definition) is 5. The second kappa shape index (κ2) is 5.06. The molecule has 1 aliphatic rings. The van der Waals surface area contributed by atoms with Crippen LogP contribution in [0.5, 0.6) is 5.75 Å². The fraction of sp³-hybridized carbons (Fsp3) is 0.500. The van der Waals surface area contributed by atoms with Crippen LogP contribution in [0.15, 0.2) is 24.3 Å². The molecular weight excluding hydrogens is 272 g/mol. The van der Waals surface area contributed by atoms with Gasteiger partial charge in [0, 0.05) is 0 Å². The maximum Gasteiger partial charge on any atom is 0.317 e. The average molecular weight is 292 g/mol. The molecule has 1 unspecified atom stereocenters. The molecule has 1 aromatic carbocycles. The fourth-order valence-electron chi connectivity index (χ4n) is 2.55. The van der Waals surface area contributed by atoms with Gasteiger partial charge in [0.05, 0.1) is 13.0 Å². The van der Waals surface area contributed by atoms with Crippen LogP contribution in [0.4, 0.5) is 0 Å². The molecule has 1 fully saturated rings. The first-order valence-corrected chi connectivity index (χ1v) is 6.81. The minimum absolute atomic E-state index is 0.0469. The van der Waals surface area contributed by atoms with Gasteiger partial charge in [-0.1, -0.05) is 12.1 Å². The number of carbonyl (C=O) groups excluding carboxylic acids is 2. The Labute approximate surface area is 123 Å². The molecule has 1 saturated carbocycles. The standard InChI is InChI=1S/C16H20O5/c1-15(2,3)21-13(18)12-9-16(12,14(19)20-4)10-6-5-7-11(17)8-10/h5-8,12,17H,9H2,1-4H3/t12?,16-/m1/s1. The van der Waals surface area contributed by atoms with Crippen molar-refractivity contribution in [2.45, 2.75) is 38.2 Å². The van der Waals surface area contributed by atoms with Gasteiger partial charge in [0.15, 0.2) is 0 Å². The van der Waals surface area contributed by atoms with Gasteiger partial charge in [-0.2, -0.15) is 0 Å². The van der Waals surface area contributed by atoms with Crippen LogP contribution in [0.2, 0.25) is 0 Å². The molecule has 0 aliphatic heterocycles. The van der Waals surface area contributed by atoms with Gasteiger partial charge in [0.1, 0.15) is 16.8 Å². The molecule has 0 bridgehead atoms. The summed E-state index contributed by atoms with van der Waals surface area (Å²) in [5, 5.41) is 9.60. The average Bonchev–Trinajstić information content (AvgIpc) is 3.12. The third-order valence-corrected chi connectivity index (χ3v) is 3.56. The molecule has 0 heterocycles. The van der Waals surface area contributed by atoms with Gasteiger partial charge in [-0.25, -0.2) is 0 Å². The molecule has 1 aliphatic carbocycles. The second-order valence-electron chi connectivity index (χ2n) is 6.30. The van der Waals surface area contributed by atoms with E-state index < -0.39 is 28.9 Å². The molecular formula is C16H20O5. The quantitative estimate of drug-likeness (QED) is 0.864. The Morgan fingerprint density at radius 2 is 2.00 bits per heavy atom. The van der Waals surface area contributed by atoms with Crippen LogP contribution in [0.1, 0.15) is 32.8 Å². The largest absolute Gasteiger partial charge is 0.508 e. The minimum atomic E-state index is -1.05. The maximum absolute atomic E-state index is 12.2. The molecule has 0 aromatic heterocycles. The maximum atomic E-state index is 12.2. The van der Waals surface area contributed by atoms with Gasteiger partial charge >= 0.3 is 11.9 Å². The molecule has 1 aromatic rings. The SMILES string of the molecule is COC(=O)[C@@]1(c2cccc(O)c2)CC1C(=O)OC(C)(C)C. The topological polar surface area (TPSA) is 72.8 Å². The zero-order valence-corrected chi connectivity index (χ0v) is 12.7. The molecule has 0 spiro atoms. The van der Waals surface area contributed by atoms with Crippen molar-refractivity contribution >= 4 is 11.9 Å². The first-order valence-electron chi connectivity index (χ1n) is 6.81. The molecule has 1 N–H and O–H groups in total. The highest BCUT2D eigenvalue weighted by Gasteiger charge is 2.66. The number of aromatic hydroxyl groups is 1. The number of benzene rings is 1. The van der Waals surface area contributed by atoms with Crippen LogP contribution >= 0.6 is 0 Å². The lowest BCUT2D eigenvalue weighted by Gasteiger charge is -2.21. The molecule has 0 radical (unpaired) electrons. The van der Waals surface area contributed by atoms with Crippen molar-refractivity contribution in [3.63, 3.8) is 0 Å². The van der Waals surface area contributed by atoms with Crippen LogP contribution in [0.25, 0.3) is 0 Å². The molecule has 0 saturated heterocycles. The molecule has 2 atom stereocenters. The summed E-state index contributed by atoms with van der Waals surface area (Å²) in [4.78, 5) is 24.4. The Morgan fingerprint density at radius 1 is 1.33 bits per heavy atom. The van der Waals surface area contributed by atoms with E-state index in [-0.39, 0.29) is 5.75 Å². The van der Waals surface area contributed by atoms with Crippen molar-refractivity contribution in [2.75, 3.05) is 7.11 Å². The van der Waals surface area contributed by atoms with Crippen molar-refractivity contribution < 1.29 is 24.2 Å². The zero-order valence-electron chi connectivity index (χ0n) is 12.7. The predicted molar refractivity (Wildman–Crippen MR) is 75.8 cm³/mol. The molecule has 21 heavy (non-hydrogen) atoms. The van der Waals surface area contributed by atoms with Crippen molar-refractivity contribution in [1.82, 2.24) is 0 Å². The number of phenols is 1. The van der Waals surface area contributed by atoms with Crippen molar-refractivity contribution in [3.05, 3.63) is 29.8 Å². The van der Waals surface area contributed by atoms with Crippen molar-refractivity contribution in [3.8, 4) is 5.75 Å². The third-order valence-electron chi connectivity index (χ3n) is 3.56. The number of ether oxygens (including phenoxy) is 2. The lowest BCUT2D eigenvalue weighted by atomic mass is 9.93. The van der Waals surface area contributed by atoms with E-state index in [0.29, 0.717) is 12.0 Å². The Morgan fingerprint density at radius 3 is 2.52 bits per heavy atom. The highest BCUT2D eigenvalue weighted by Crippen LogP contribution is 2.56. The molecule has 114 valence electrons. The van der Waals surface area contributed by atoms with Gasteiger partial charge in [0.2, 0.25) is 0 Å². The van der Waals surface area contributed by atoms with Gasteiger partial charge in [-0.05, 0) is 44.9 Å². The number of hydrogen-bond donors (Lipinski definition) is 1. The second-order valence-corrected chi connectivity index (χ2v) is 6.30. The normalized spacial score (nSPS) is 24.3. The number of esters is 2. The summed E-state index contributed by atoms with van der Waals surface area (Å²) in [6, 6.07) is 6.35. The molecule has 2 rings (SSSR count). The Bertz CT molecular complexity index is 572. The van der Waals surface area contributed by atoms with Gasteiger partial charge < -0.3 is 14.6 Å². The van der Waals surface area contributed by atoms with Crippen molar-refractivity contribution in [1.29, 1.82) is 0 Å². The first kappa shape index (κ1) is 15.4. The van der Waals surface area contributed by atoms with Crippen molar-refractivity contribution in [2.24, 2.45) is 5.92 Å². The summed E-state index contributed by atoms with van der Waals surface area (Å²) in [7, 11) is 1.29. The zero-order chi connectivity index (χ0) is 15.8. The third kappa shape index (κ3) is 2.86. The summed E-state index contributed by atoms with van der Waals surface area (Å²) in [5.41, 5.74) is -1.08. The summed E-state index contributed by atoms with van der Waals surface area (Å²) >= 11 is 0. The summed E-state index contributed by atoms with van der Waals surface area (Å²) in [5.74, 6) is -1.43. The Hall–Kier alpha value is -2.04. The lowest BCUT2D eigenvalue weighted by molar-refractivity contribution is -0.159. The van der Waals surface area contributed by atoms with Crippen LogP contribution < -0.4 is 0 Å². The van der Waals surface area contributed by atoms with E-state index in [1.165, 1.54) is 19.2 Å². The number of rotatable bonds is 3. The first-order chi connectivity index (χ1) is 9.70. The molecule has 0 amide bonds. The highest BCUT2D eigenvalue weighted by molar-refractivity contribution is 5.96. The van der Waals surface area contributed by atoms with E-state index >= 15 is 0 Å². The van der Waals surface area contributed by atoms with E-state index in [0.717, 1.165) is 0 Å². The van der Waals surface area contributed by atoms with Gasteiger partial charge in [0.25, 0.3) is 0 Å². The lowest BCUT2D eigenvalue weighted by Crippen LogP contribution is -2.31. The Balaban J connectivity index is 2.31.